The van der Waals surface area contributed by atoms with E-state index in [9.17, 15) is 4.79 Å². The standard InChI is InChI=1S/C28H36Cl2N2O2/c1-21(33)34-27(15-22-5-3-2-4-6-22)16-23-9-12-31(13-10-23)18-24-11-14-32(19-24)20-25-7-8-26(29)17-28(25)30/h2-8,17,23-24,27H,9-16,18-20H2,1H3/t24-,27?/m1/s1. The Bertz CT molecular complexity index is 931. The number of esters is 1. The second-order valence-corrected chi connectivity index (χ2v) is 10.9. The van der Waals surface area contributed by atoms with Gasteiger partial charge in [-0.1, -0.05) is 59.6 Å². The number of carbonyl (C=O) groups is 1. The summed E-state index contributed by atoms with van der Waals surface area (Å²) in [4.78, 5) is 16.8. The third-order valence-corrected chi connectivity index (χ3v) is 7.82. The van der Waals surface area contributed by atoms with Gasteiger partial charge in [-0.2, -0.15) is 0 Å². The summed E-state index contributed by atoms with van der Waals surface area (Å²) in [5.41, 5.74) is 2.39. The van der Waals surface area contributed by atoms with Crippen LogP contribution >= 0.6 is 23.2 Å². The Hall–Kier alpha value is -1.59. The van der Waals surface area contributed by atoms with Crippen LogP contribution in [0.3, 0.4) is 0 Å². The zero-order valence-corrected chi connectivity index (χ0v) is 21.6. The van der Waals surface area contributed by atoms with Crippen molar-refractivity contribution in [3.8, 4) is 0 Å². The first-order chi connectivity index (χ1) is 16.4. The van der Waals surface area contributed by atoms with Crippen LogP contribution in [0.1, 0.15) is 43.7 Å². The molecule has 34 heavy (non-hydrogen) atoms. The molecule has 0 spiro atoms. The summed E-state index contributed by atoms with van der Waals surface area (Å²) in [6.45, 7) is 8.13. The Kier molecular flexibility index (Phi) is 9.30. The van der Waals surface area contributed by atoms with E-state index in [1.807, 2.05) is 36.4 Å². The minimum atomic E-state index is -0.177. The number of hydrogen-bond acceptors (Lipinski definition) is 4. The molecule has 0 radical (unpaired) electrons. The van der Waals surface area contributed by atoms with Crippen molar-refractivity contribution in [2.75, 3.05) is 32.7 Å². The minimum Gasteiger partial charge on any atom is -0.462 e. The lowest BCUT2D eigenvalue weighted by Crippen LogP contribution is -2.39. The summed E-state index contributed by atoms with van der Waals surface area (Å²) in [6, 6.07) is 16.2. The lowest BCUT2D eigenvalue weighted by atomic mass is 9.88. The van der Waals surface area contributed by atoms with Crippen molar-refractivity contribution in [2.24, 2.45) is 11.8 Å². The number of rotatable bonds is 9. The van der Waals surface area contributed by atoms with Crippen LogP contribution in [-0.2, 0) is 22.5 Å². The summed E-state index contributed by atoms with van der Waals surface area (Å²) >= 11 is 12.4. The molecule has 0 saturated carbocycles. The maximum Gasteiger partial charge on any atom is 0.302 e. The normalized spacial score (nSPS) is 21.0. The minimum absolute atomic E-state index is 0.0282. The summed E-state index contributed by atoms with van der Waals surface area (Å²) < 4.78 is 5.69. The first-order valence-corrected chi connectivity index (χ1v) is 13.3. The van der Waals surface area contributed by atoms with E-state index >= 15 is 0 Å². The Morgan fingerprint density at radius 1 is 1.00 bits per heavy atom. The van der Waals surface area contributed by atoms with Gasteiger partial charge in [0, 0.05) is 43.0 Å². The van der Waals surface area contributed by atoms with Crippen molar-refractivity contribution in [2.45, 2.75) is 51.7 Å². The fourth-order valence-corrected chi connectivity index (χ4v) is 5.99. The Morgan fingerprint density at radius 3 is 2.41 bits per heavy atom. The highest BCUT2D eigenvalue weighted by Crippen LogP contribution is 2.28. The SMILES string of the molecule is CC(=O)OC(Cc1ccccc1)CC1CCN(C[C@H]2CCN(Cc3ccc(Cl)cc3Cl)C2)CC1. The molecule has 2 heterocycles. The lowest BCUT2D eigenvalue weighted by molar-refractivity contribution is -0.147. The molecule has 0 aromatic heterocycles. The Balaban J connectivity index is 1.20. The van der Waals surface area contributed by atoms with Crippen molar-refractivity contribution in [1.82, 2.24) is 9.80 Å². The van der Waals surface area contributed by atoms with E-state index in [4.69, 9.17) is 27.9 Å². The maximum absolute atomic E-state index is 11.7. The third kappa shape index (κ3) is 7.71. The molecule has 0 bridgehead atoms. The van der Waals surface area contributed by atoms with Crippen LogP contribution in [0, 0.1) is 11.8 Å². The van der Waals surface area contributed by atoms with Gasteiger partial charge in [-0.25, -0.2) is 0 Å². The Morgan fingerprint density at radius 2 is 1.71 bits per heavy atom. The Labute approximate surface area is 214 Å². The zero-order chi connectivity index (χ0) is 23.9. The highest BCUT2D eigenvalue weighted by Gasteiger charge is 2.28. The topological polar surface area (TPSA) is 32.8 Å². The number of hydrogen-bond donors (Lipinski definition) is 0. The molecule has 2 aliphatic rings. The van der Waals surface area contributed by atoms with E-state index in [0.717, 1.165) is 62.1 Å². The third-order valence-electron chi connectivity index (χ3n) is 7.24. The first kappa shape index (κ1) is 25.5. The molecule has 4 rings (SSSR count). The van der Waals surface area contributed by atoms with Crippen molar-refractivity contribution < 1.29 is 9.53 Å². The number of halogens is 2. The van der Waals surface area contributed by atoms with Crippen molar-refractivity contribution >= 4 is 29.2 Å². The molecule has 2 atom stereocenters. The molecule has 1 unspecified atom stereocenters. The van der Waals surface area contributed by atoms with E-state index in [1.54, 1.807) is 0 Å². The smallest absolute Gasteiger partial charge is 0.302 e. The number of ether oxygens (including phenoxy) is 1. The lowest BCUT2D eigenvalue weighted by Gasteiger charge is -2.34. The van der Waals surface area contributed by atoms with E-state index in [0.29, 0.717) is 10.9 Å². The van der Waals surface area contributed by atoms with Crippen LogP contribution in [0.15, 0.2) is 48.5 Å². The maximum atomic E-state index is 11.7. The number of piperidine rings is 1. The number of carbonyl (C=O) groups excluding carboxylic acids is 1. The van der Waals surface area contributed by atoms with Crippen molar-refractivity contribution in [3.63, 3.8) is 0 Å². The van der Waals surface area contributed by atoms with Gasteiger partial charge in [0.1, 0.15) is 6.10 Å². The molecule has 0 N–H and O–H groups in total. The highest BCUT2D eigenvalue weighted by molar-refractivity contribution is 6.35. The largest absolute Gasteiger partial charge is 0.462 e. The predicted molar refractivity (Wildman–Crippen MR) is 139 cm³/mol. The predicted octanol–water partition coefficient (Wildman–Crippen LogP) is 6.09. The van der Waals surface area contributed by atoms with Crippen LogP contribution in [0.2, 0.25) is 10.0 Å². The van der Waals surface area contributed by atoms with Gasteiger partial charge in [-0.05, 0) is 80.4 Å². The van der Waals surface area contributed by atoms with Gasteiger partial charge in [0.15, 0.2) is 0 Å². The van der Waals surface area contributed by atoms with Gasteiger partial charge < -0.3 is 9.64 Å². The van der Waals surface area contributed by atoms with Gasteiger partial charge in [0.2, 0.25) is 0 Å². The molecule has 2 fully saturated rings. The molecule has 6 heteroatoms. The van der Waals surface area contributed by atoms with E-state index in [2.05, 4.69) is 21.9 Å². The molecule has 2 aromatic carbocycles. The molecule has 4 nitrogen and oxygen atoms in total. The second-order valence-electron chi connectivity index (χ2n) is 10.0. The molecule has 184 valence electrons. The average Bonchev–Trinajstić information content (AvgIpc) is 3.24. The average molecular weight is 504 g/mol. The van der Waals surface area contributed by atoms with Crippen LogP contribution in [0.5, 0.6) is 0 Å². The second kappa shape index (κ2) is 12.4. The van der Waals surface area contributed by atoms with Crippen LogP contribution < -0.4 is 0 Å². The summed E-state index contributed by atoms with van der Waals surface area (Å²) in [7, 11) is 0. The molecule has 0 amide bonds. The fraction of sp³-hybridized carbons (Fsp3) is 0.536. The summed E-state index contributed by atoms with van der Waals surface area (Å²) in [5.74, 6) is 1.16. The molecule has 0 aliphatic carbocycles. The molecule has 2 aromatic rings. The van der Waals surface area contributed by atoms with Crippen molar-refractivity contribution in [1.29, 1.82) is 0 Å². The summed E-state index contributed by atoms with van der Waals surface area (Å²) in [5, 5.41) is 1.45. The van der Waals surface area contributed by atoms with Crippen LogP contribution in [0.4, 0.5) is 0 Å². The van der Waals surface area contributed by atoms with E-state index < -0.39 is 0 Å². The molecule has 2 saturated heterocycles. The first-order valence-electron chi connectivity index (χ1n) is 12.5. The van der Waals surface area contributed by atoms with Crippen molar-refractivity contribution in [3.05, 3.63) is 69.7 Å². The van der Waals surface area contributed by atoms with Gasteiger partial charge in [0.05, 0.1) is 0 Å². The van der Waals surface area contributed by atoms with Gasteiger partial charge in [-0.15, -0.1) is 0 Å². The van der Waals surface area contributed by atoms with Gasteiger partial charge in [0.25, 0.3) is 0 Å². The number of benzene rings is 2. The monoisotopic (exact) mass is 502 g/mol. The van der Waals surface area contributed by atoms with E-state index in [-0.39, 0.29) is 12.1 Å². The number of likely N-dealkylation sites (tertiary alicyclic amines) is 2. The fourth-order valence-electron chi connectivity index (χ4n) is 5.52. The molecular weight excluding hydrogens is 467 g/mol. The number of nitrogens with zero attached hydrogens (tertiary/aromatic N) is 2. The highest BCUT2D eigenvalue weighted by atomic mass is 35.5. The quantitative estimate of drug-likeness (QED) is 0.388. The van der Waals surface area contributed by atoms with Gasteiger partial charge >= 0.3 is 5.97 Å². The molecular formula is C28H36Cl2N2O2. The van der Waals surface area contributed by atoms with E-state index in [1.165, 1.54) is 38.3 Å². The molecule has 2 aliphatic heterocycles. The van der Waals surface area contributed by atoms with Gasteiger partial charge in [-0.3, -0.25) is 9.69 Å². The van der Waals surface area contributed by atoms with Crippen LogP contribution in [-0.4, -0.2) is 54.6 Å². The summed E-state index contributed by atoms with van der Waals surface area (Å²) in [6.07, 6.45) is 5.35. The zero-order valence-electron chi connectivity index (χ0n) is 20.1. The van der Waals surface area contributed by atoms with Crippen LogP contribution in [0.25, 0.3) is 0 Å².